The van der Waals surface area contributed by atoms with Gasteiger partial charge in [0.15, 0.2) is 0 Å². The minimum absolute atomic E-state index is 0.552. The Kier molecular flexibility index (Phi) is 11.1. The van der Waals surface area contributed by atoms with Crippen LogP contribution in [-0.4, -0.2) is 43.4 Å². The number of fused-ring (bicyclic) bond motifs is 5. The Morgan fingerprint density at radius 3 is 2.50 bits per heavy atom. The van der Waals surface area contributed by atoms with Crippen molar-refractivity contribution < 1.29 is 4.79 Å². The van der Waals surface area contributed by atoms with Crippen LogP contribution in [0.4, 0.5) is 0 Å². The van der Waals surface area contributed by atoms with Crippen molar-refractivity contribution in [2.24, 2.45) is 34.5 Å². The number of allylic oxidation sites excluding steroid dienone is 2. The second-order valence-corrected chi connectivity index (χ2v) is 13.1. The summed E-state index contributed by atoms with van der Waals surface area (Å²) in [4.78, 5) is 11.5. The van der Waals surface area contributed by atoms with E-state index in [4.69, 9.17) is 4.79 Å². The predicted octanol–water partition coefficient (Wildman–Crippen LogP) is 8.04. The average molecular weight is 501 g/mol. The molecule has 3 nitrogen and oxygen atoms in total. The zero-order chi connectivity index (χ0) is 26.3. The number of aldehydes is 1. The van der Waals surface area contributed by atoms with Crippen molar-refractivity contribution in [2.45, 2.75) is 137 Å². The Morgan fingerprint density at radius 2 is 1.81 bits per heavy atom. The van der Waals surface area contributed by atoms with Crippen LogP contribution < -0.4 is 5.32 Å². The first-order chi connectivity index (χ1) is 17.3. The van der Waals surface area contributed by atoms with Crippen molar-refractivity contribution in [1.82, 2.24) is 10.2 Å². The first-order valence-corrected chi connectivity index (χ1v) is 15.9. The molecule has 8 atom stereocenters. The molecular weight excluding hydrogens is 440 g/mol. The molecule has 1 heterocycles. The van der Waals surface area contributed by atoms with E-state index in [1.807, 2.05) is 19.4 Å². The number of piperidine rings is 1. The van der Waals surface area contributed by atoms with Gasteiger partial charge in [0, 0.05) is 12.1 Å². The van der Waals surface area contributed by atoms with E-state index in [0.29, 0.717) is 10.8 Å². The minimum Gasteiger partial charge on any atom is -0.314 e. The second-order valence-electron chi connectivity index (χ2n) is 13.1. The molecule has 36 heavy (non-hydrogen) atoms. The summed E-state index contributed by atoms with van der Waals surface area (Å²) in [5, 5.41) is 3.76. The van der Waals surface area contributed by atoms with E-state index in [1.165, 1.54) is 103 Å². The van der Waals surface area contributed by atoms with Gasteiger partial charge in [-0.25, -0.2) is 0 Å². The van der Waals surface area contributed by atoms with Crippen LogP contribution >= 0.6 is 0 Å². The van der Waals surface area contributed by atoms with Gasteiger partial charge in [0.05, 0.1) is 0 Å². The highest BCUT2D eigenvalue weighted by Crippen LogP contribution is 2.66. The van der Waals surface area contributed by atoms with Crippen molar-refractivity contribution in [1.29, 1.82) is 0 Å². The average Bonchev–Trinajstić information content (AvgIpc) is 3.26. The zero-order valence-electron chi connectivity index (χ0n) is 25.1. The lowest BCUT2D eigenvalue weighted by molar-refractivity contribution is -0.106. The van der Waals surface area contributed by atoms with E-state index in [1.54, 1.807) is 0 Å². The lowest BCUT2D eigenvalue weighted by Crippen LogP contribution is -2.52. The molecule has 0 aromatic heterocycles. The van der Waals surface area contributed by atoms with Crippen molar-refractivity contribution in [3.05, 3.63) is 11.6 Å². The Hall–Kier alpha value is -0.670. The molecule has 3 heteroatoms. The van der Waals surface area contributed by atoms with Crippen LogP contribution in [0.15, 0.2) is 11.6 Å². The molecule has 4 aliphatic carbocycles. The fourth-order valence-corrected chi connectivity index (χ4v) is 9.57. The molecule has 0 aromatic rings. The van der Waals surface area contributed by atoms with Crippen LogP contribution in [0.3, 0.4) is 0 Å². The molecule has 3 saturated carbocycles. The molecule has 1 aliphatic heterocycles. The van der Waals surface area contributed by atoms with E-state index in [9.17, 15) is 0 Å². The van der Waals surface area contributed by atoms with E-state index in [2.05, 4.69) is 44.1 Å². The molecule has 1 N–H and O–H groups in total. The normalized spacial score (nSPS) is 40.2. The summed E-state index contributed by atoms with van der Waals surface area (Å²) in [5.74, 6) is 3.82. The number of hydrogen-bond donors (Lipinski definition) is 1. The van der Waals surface area contributed by atoms with Crippen LogP contribution in [-0.2, 0) is 4.79 Å². The molecule has 4 fully saturated rings. The predicted molar refractivity (Wildman–Crippen MR) is 155 cm³/mol. The molecule has 0 amide bonds. The molecule has 8 unspecified atom stereocenters. The number of nitrogens with zero attached hydrogens (tertiary/aromatic N) is 1. The number of carbonyl (C=O) groups is 1. The molecule has 1 saturated heterocycles. The van der Waals surface area contributed by atoms with Gasteiger partial charge in [0.1, 0.15) is 6.29 Å². The van der Waals surface area contributed by atoms with Crippen LogP contribution in [0.25, 0.3) is 0 Å². The standard InChI is InChI=1S/C29H50N2.C2H4O.C2H6/c1-21(31(4)20-16-23-10-6-8-19-30-23)25-13-14-26-24-12-11-22-9-5-7-17-28(22,2)27(24)15-18-29(25,26)3;1-2-3;1-2/h11,21,23-27,30H,5-10,12-20H2,1-4H3;2H,1H3;1-2H3. The van der Waals surface area contributed by atoms with Crippen molar-refractivity contribution in [2.75, 3.05) is 20.1 Å². The van der Waals surface area contributed by atoms with Gasteiger partial charge < -0.3 is 15.0 Å². The maximum Gasteiger partial charge on any atom is 0.116 e. The molecule has 5 aliphatic rings. The van der Waals surface area contributed by atoms with Gasteiger partial charge in [0.2, 0.25) is 0 Å². The highest BCUT2D eigenvalue weighted by atomic mass is 16.1. The molecular formula is C33H60N2O. The fourth-order valence-electron chi connectivity index (χ4n) is 9.57. The number of hydrogen-bond acceptors (Lipinski definition) is 3. The van der Waals surface area contributed by atoms with Crippen molar-refractivity contribution >= 4 is 6.29 Å². The van der Waals surface area contributed by atoms with Gasteiger partial charge in [-0.3, -0.25) is 0 Å². The SMILES string of the molecule is CC.CC(C1CCC2C3CC=C4CCCCC4(C)C3CCC21C)N(C)CCC1CCCCN1.CC=O. The van der Waals surface area contributed by atoms with E-state index in [0.717, 1.165) is 42.0 Å². The zero-order valence-corrected chi connectivity index (χ0v) is 25.1. The van der Waals surface area contributed by atoms with E-state index in [-0.39, 0.29) is 0 Å². The molecule has 208 valence electrons. The van der Waals surface area contributed by atoms with Gasteiger partial charge in [-0.05, 0) is 139 Å². The first kappa shape index (κ1) is 29.9. The van der Waals surface area contributed by atoms with Crippen molar-refractivity contribution in [3.8, 4) is 0 Å². The lowest BCUT2D eigenvalue weighted by atomic mass is 9.47. The number of nitrogens with one attached hydrogen (secondary N) is 1. The Balaban J connectivity index is 0.000000674. The summed E-state index contributed by atoms with van der Waals surface area (Å²) in [6.07, 6.45) is 22.2. The monoisotopic (exact) mass is 500 g/mol. The third-order valence-electron chi connectivity index (χ3n) is 11.6. The Labute approximate surface area is 224 Å². The van der Waals surface area contributed by atoms with Gasteiger partial charge >= 0.3 is 0 Å². The number of rotatable bonds is 5. The van der Waals surface area contributed by atoms with Crippen LogP contribution in [0, 0.1) is 34.5 Å². The van der Waals surface area contributed by atoms with Crippen molar-refractivity contribution in [3.63, 3.8) is 0 Å². The van der Waals surface area contributed by atoms with Crippen LogP contribution in [0.1, 0.15) is 125 Å². The highest BCUT2D eigenvalue weighted by Gasteiger charge is 2.59. The molecule has 0 spiro atoms. The molecule has 0 radical (unpaired) electrons. The summed E-state index contributed by atoms with van der Waals surface area (Å²) in [6, 6.07) is 1.50. The summed E-state index contributed by atoms with van der Waals surface area (Å²) < 4.78 is 0. The summed E-state index contributed by atoms with van der Waals surface area (Å²) >= 11 is 0. The maximum absolute atomic E-state index is 8.81. The summed E-state index contributed by atoms with van der Waals surface area (Å²) in [7, 11) is 2.43. The lowest BCUT2D eigenvalue weighted by Gasteiger charge is -2.58. The first-order valence-electron chi connectivity index (χ1n) is 15.9. The fraction of sp³-hybridized carbons (Fsp3) is 0.909. The quantitative estimate of drug-likeness (QED) is 0.306. The van der Waals surface area contributed by atoms with Gasteiger partial charge in [-0.1, -0.05) is 52.2 Å². The highest BCUT2D eigenvalue weighted by molar-refractivity contribution is 5.44. The van der Waals surface area contributed by atoms with E-state index >= 15 is 0 Å². The van der Waals surface area contributed by atoms with Gasteiger partial charge in [0.25, 0.3) is 0 Å². The largest absolute Gasteiger partial charge is 0.314 e. The van der Waals surface area contributed by atoms with Gasteiger partial charge in [-0.2, -0.15) is 0 Å². The number of carbonyl (C=O) groups excluding carboxylic acids is 1. The van der Waals surface area contributed by atoms with Crippen LogP contribution in [0.2, 0.25) is 0 Å². The van der Waals surface area contributed by atoms with Gasteiger partial charge in [-0.15, -0.1) is 0 Å². The molecule has 0 aromatic carbocycles. The third kappa shape index (κ3) is 5.98. The second kappa shape index (κ2) is 13.4. The summed E-state index contributed by atoms with van der Waals surface area (Å²) in [6.45, 7) is 15.9. The summed E-state index contributed by atoms with van der Waals surface area (Å²) in [5.41, 5.74) is 2.99. The smallest absolute Gasteiger partial charge is 0.116 e. The topological polar surface area (TPSA) is 32.3 Å². The maximum atomic E-state index is 8.81. The van der Waals surface area contributed by atoms with Crippen LogP contribution in [0.5, 0.6) is 0 Å². The third-order valence-corrected chi connectivity index (χ3v) is 11.6. The molecule has 5 rings (SSSR count). The Bertz CT molecular complexity index is 712. The minimum atomic E-state index is 0.552. The molecule has 0 bridgehead atoms. The van der Waals surface area contributed by atoms with E-state index < -0.39 is 0 Å². The Morgan fingerprint density at radius 1 is 1.06 bits per heavy atom.